The lowest BCUT2D eigenvalue weighted by molar-refractivity contribution is -0.0268. The van der Waals surface area contributed by atoms with Crippen LogP contribution in [0.15, 0.2) is 6.20 Å². The average Bonchev–Trinajstić information content (AvgIpc) is 3.21. The van der Waals surface area contributed by atoms with Crippen molar-refractivity contribution < 1.29 is 14.3 Å². The Bertz CT molecular complexity index is 673. The quantitative estimate of drug-likeness (QED) is 0.779. The normalized spacial score (nSPS) is 18.3. The maximum Gasteiger partial charge on any atom is 0.265 e. The molecule has 2 aromatic heterocycles. The number of hydrogen-bond donors (Lipinski definition) is 1. The molecule has 2 aromatic rings. The van der Waals surface area contributed by atoms with Gasteiger partial charge in [-0.2, -0.15) is 4.80 Å². The van der Waals surface area contributed by atoms with Crippen molar-refractivity contribution in [3.8, 4) is 0 Å². The van der Waals surface area contributed by atoms with Gasteiger partial charge in [0.2, 0.25) is 5.82 Å². The van der Waals surface area contributed by atoms with E-state index >= 15 is 0 Å². The molecule has 0 spiro atoms. The minimum absolute atomic E-state index is 0.112. The minimum atomic E-state index is -0.394. The largest absolute Gasteiger partial charge is 0.383 e. The van der Waals surface area contributed by atoms with E-state index < -0.39 is 6.10 Å². The average molecular weight is 339 g/mol. The fourth-order valence-corrected chi connectivity index (χ4v) is 2.84. The Morgan fingerprint density at radius 3 is 3.22 bits per heavy atom. The number of nitrogens with two attached hydrogens (primary N) is 1. The van der Waals surface area contributed by atoms with Crippen LogP contribution in [0.1, 0.15) is 21.6 Å². The van der Waals surface area contributed by atoms with Crippen LogP contribution in [0.3, 0.4) is 0 Å². The van der Waals surface area contributed by atoms with Crippen molar-refractivity contribution in [1.82, 2.24) is 30.1 Å². The molecule has 3 heterocycles. The molecule has 124 valence electrons. The van der Waals surface area contributed by atoms with Gasteiger partial charge < -0.3 is 20.1 Å². The molecule has 0 bridgehead atoms. The fraction of sp³-hybridized carbons (Fsp3) is 0.583. The van der Waals surface area contributed by atoms with E-state index in [4.69, 9.17) is 15.2 Å². The van der Waals surface area contributed by atoms with E-state index in [0.717, 1.165) is 0 Å². The number of rotatable bonds is 5. The van der Waals surface area contributed by atoms with E-state index in [9.17, 15) is 4.79 Å². The van der Waals surface area contributed by atoms with E-state index in [0.29, 0.717) is 48.7 Å². The molecule has 1 amide bonds. The van der Waals surface area contributed by atoms with Gasteiger partial charge in [0.1, 0.15) is 11.0 Å². The van der Waals surface area contributed by atoms with Crippen molar-refractivity contribution in [2.75, 3.05) is 39.1 Å². The lowest BCUT2D eigenvalue weighted by Crippen LogP contribution is -2.42. The molecular weight excluding hydrogens is 322 g/mol. The summed E-state index contributed by atoms with van der Waals surface area (Å²) in [5.74, 6) is 0.349. The van der Waals surface area contributed by atoms with Crippen LogP contribution < -0.4 is 5.73 Å². The summed E-state index contributed by atoms with van der Waals surface area (Å²) >= 11 is 1.17. The second-order valence-electron chi connectivity index (χ2n) is 4.91. The number of morpholine rings is 1. The highest BCUT2D eigenvalue weighted by molar-refractivity contribution is 7.17. The molecule has 0 aromatic carbocycles. The smallest absolute Gasteiger partial charge is 0.265 e. The number of hydrogen-bond acceptors (Lipinski definition) is 9. The zero-order chi connectivity index (χ0) is 16.2. The lowest BCUT2D eigenvalue weighted by Gasteiger charge is -2.31. The molecule has 0 radical (unpaired) electrons. The van der Waals surface area contributed by atoms with Crippen LogP contribution in [0, 0.1) is 0 Å². The van der Waals surface area contributed by atoms with Gasteiger partial charge in [0.05, 0.1) is 32.5 Å². The number of thiazole rings is 1. The number of aromatic nitrogens is 5. The van der Waals surface area contributed by atoms with Gasteiger partial charge in [0.15, 0.2) is 5.13 Å². The summed E-state index contributed by atoms with van der Waals surface area (Å²) in [6, 6.07) is 0. The van der Waals surface area contributed by atoms with E-state index in [2.05, 4.69) is 20.4 Å². The summed E-state index contributed by atoms with van der Waals surface area (Å²) in [6.45, 7) is 2.30. The number of nitrogens with zero attached hydrogens (tertiary/aromatic N) is 6. The van der Waals surface area contributed by atoms with Crippen LogP contribution in [0.4, 0.5) is 5.13 Å². The first-order valence-corrected chi connectivity index (χ1v) is 7.88. The third-order valence-corrected chi connectivity index (χ3v) is 4.15. The Morgan fingerprint density at radius 2 is 2.48 bits per heavy atom. The number of nitrogen functional groups attached to an aromatic ring is 1. The SMILES string of the molecule is COCCn1nnc(C2CN(C(=O)c3cnc(N)s3)CCO2)n1. The van der Waals surface area contributed by atoms with Crippen LogP contribution in [0.5, 0.6) is 0 Å². The Labute approximate surface area is 136 Å². The standard InChI is InChI=1S/C12H17N7O3S/c1-21-4-3-19-16-10(15-17-19)8-7-18(2-5-22-8)11(20)9-6-14-12(13)23-9/h6,8H,2-5,7H2,1H3,(H2,13,14). The van der Waals surface area contributed by atoms with Gasteiger partial charge in [-0.1, -0.05) is 11.3 Å². The highest BCUT2D eigenvalue weighted by Crippen LogP contribution is 2.22. The van der Waals surface area contributed by atoms with E-state index in [1.54, 1.807) is 12.0 Å². The molecule has 1 atom stereocenters. The summed E-state index contributed by atoms with van der Waals surface area (Å²) in [6.07, 6.45) is 1.10. The fourth-order valence-electron chi connectivity index (χ4n) is 2.18. The second-order valence-corrected chi connectivity index (χ2v) is 5.97. The number of carbonyl (C=O) groups is 1. The summed E-state index contributed by atoms with van der Waals surface area (Å²) in [7, 11) is 1.61. The van der Waals surface area contributed by atoms with E-state index in [1.807, 2.05) is 0 Å². The number of carbonyl (C=O) groups excluding carboxylic acids is 1. The molecule has 0 aliphatic carbocycles. The molecular formula is C12H17N7O3S. The molecule has 2 N–H and O–H groups in total. The molecule has 11 heteroatoms. The molecule has 1 aliphatic rings. The van der Waals surface area contributed by atoms with Gasteiger partial charge in [-0.05, 0) is 5.21 Å². The minimum Gasteiger partial charge on any atom is -0.383 e. The van der Waals surface area contributed by atoms with Gasteiger partial charge in [-0.3, -0.25) is 4.79 Å². The zero-order valence-electron chi connectivity index (χ0n) is 12.6. The maximum absolute atomic E-state index is 12.4. The first-order chi connectivity index (χ1) is 11.2. The van der Waals surface area contributed by atoms with Crippen LogP contribution in [0.2, 0.25) is 0 Å². The Balaban J connectivity index is 1.66. The molecule has 1 saturated heterocycles. The van der Waals surface area contributed by atoms with Gasteiger partial charge in [0.25, 0.3) is 5.91 Å². The Kier molecular flexibility index (Phi) is 4.79. The number of ether oxygens (including phenoxy) is 2. The van der Waals surface area contributed by atoms with Gasteiger partial charge in [-0.25, -0.2) is 4.98 Å². The summed E-state index contributed by atoms with van der Waals surface area (Å²) < 4.78 is 10.6. The molecule has 0 saturated carbocycles. The second kappa shape index (κ2) is 6.98. The highest BCUT2D eigenvalue weighted by atomic mass is 32.1. The molecule has 1 fully saturated rings. The number of tetrazole rings is 1. The molecule has 10 nitrogen and oxygen atoms in total. The summed E-state index contributed by atoms with van der Waals surface area (Å²) in [4.78, 5) is 20.0. The third kappa shape index (κ3) is 3.63. The van der Waals surface area contributed by atoms with Crippen molar-refractivity contribution >= 4 is 22.4 Å². The molecule has 1 unspecified atom stereocenters. The monoisotopic (exact) mass is 339 g/mol. The highest BCUT2D eigenvalue weighted by Gasteiger charge is 2.29. The third-order valence-electron chi connectivity index (χ3n) is 3.34. The van der Waals surface area contributed by atoms with Crippen molar-refractivity contribution in [1.29, 1.82) is 0 Å². The van der Waals surface area contributed by atoms with Gasteiger partial charge in [0, 0.05) is 13.7 Å². The lowest BCUT2D eigenvalue weighted by atomic mass is 10.2. The summed E-state index contributed by atoms with van der Waals surface area (Å²) in [5.41, 5.74) is 5.58. The van der Waals surface area contributed by atoms with Crippen LogP contribution in [-0.4, -0.2) is 69.4 Å². The van der Waals surface area contributed by atoms with Crippen molar-refractivity contribution in [2.24, 2.45) is 0 Å². The Hall–Kier alpha value is -2.11. The predicted molar refractivity (Wildman–Crippen MR) is 80.8 cm³/mol. The molecule has 1 aliphatic heterocycles. The van der Waals surface area contributed by atoms with Crippen molar-refractivity contribution in [2.45, 2.75) is 12.6 Å². The van der Waals surface area contributed by atoms with E-state index in [-0.39, 0.29) is 5.91 Å². The zero-order valence-corrected chi connectivity index (χ0v) is 13.4. The molecule has 23 heavy (non-hydrogen) atoms. The number of anilines is 1. The Morgan fingerprint density at radius 1 is 1.61 bits per heavy atom. The number of amides is 1. The maximum atomic E-state index is 12.4. The van der Waals surface area contributed by atoms with Gasteiger partial charge >= 0.3 is 0 Å². The first-order valence-electron chi connectivity index (χ1n) is 7.06. The number of methoxy groups -OCH3 is 1. The molecule has 3 rings (SSSR count). The van der Waals surface area contributed by atoms with Gasteiger partial charge in [-0.15, -0.1) is 10.2 Å². The van der Waals surface area contributed by atoms with Crippen LogP contribution >= 0.6 is 11.3 Å². The predicted octanol–water partition coefficient (Wildman–Crippen LogP) is -0.428. The van der Waals surface area contributed by atoms with Crippen LogP contribution in [-0.2, 0) is 16.0 Å². The topological polar surface area (TPSA) is 121 Å². The summed E-state index contributed by atoms with van der Waals surface area (Å²) in [5, 5.41) is 12.6. The van der Waals surface area contributed by atoms with Crippen molar-refractivity contribution in [3.05, 3.63) is 16.9 Å². The van der Waals surface area contributed by atoms with E-state index in [1.165, 1.54) is 22.3 Å². The first kappa shape index (κ1) is 15.8. The van der Waals surface area contributed by atoms with Crippen LogP contribution in [0.25, 0.3) is 0 Å². The van der Waals surface area contributed by atoms with Crippen molar-refractivity contribution in [3.63, 3.8) is 0 Å².